The van der Waals surface area contributed by atoms with Crippen LogP contribution in [0.5, 0.6) is 0 Å². The van der Waals surface area contributed by atoms with E-state index in [0.717, 1.165) is 10.0 Å². The molecule has 0 spiro atoms. The minimum atomic E-state index is -0.391. The van der Waals surface area contributed by atoms with Crippen LogP contribution in [-0.2, 0) is 9.47 Å². The van der Waals surface area contributed by atoms with E-state index in [1.54, 1.807) is 6.07 Å². The minimum Gasteiger partial charge on any atom is -0.346 e. The molecule has 1 aromatic rings. The summed E-state index contributed by atoms with van der Waals surface area (Å²) in [5.41, 5.74) is 0.767. The van der Waals surface area contributed by atoms with Crippen molar-refractivity contribution in [2.45, 2.75) is 6.29 Å². The molecule has 14 heavy (non-hydrogen) atoms. The van der Waals surface area contributed by atoms with Gasteiger partial charge in [0.2, 0.25) is 0 Å². The SMILES string of the molecule is Clc1cc(Br)cc(C2OCCO2)c1Cl. The molecule has 0 atom stereocenters. The van der Waals surface area contributed by atoms with E-state index in [1.807, 2.05) is 6.07 Å². The van der Waals surface area contributed by atoms with Crippen molar-refractivity contribution in [3.63, 3.8) is 0 Å². The first-order chi connectivity index (χ1) is 6.68. The highest BCUT2D eigenvalue weighted by molar-refractivity contribution is 9.10. The fourth-order valence-corrected chi connectivity index (χ4v) is 2.32. The monoisotopic (exact) mass is 296 g/mol. The molecule has 0 unspecified atom stereocenters. The molecule has 0 aromatic heterocycles. The lowest BCUT2D eigenvalue weighted by atomic mass is 10.2. The predicted molar refractivity (Wildman–Crippen MR) is 58.8 cm³/mol. The van der Waals surface area contributed by atoms with Crippen molar-refractivity contribution >= 4 is 39.1 Å². The highest BCUT2D eigenvalue weighted by Gasteiger charge is 2.22. The molecule has 5 heteroatoms. The molecule has 1 aliphatic heterocycles. The molecule has 1 aliphatic rings. The third-order valence-electron chi connectivity index (χ3n) is 1.90. The molecular formula is C9H7BrCl2O2. The maximum Gasteiger partial charge on any atom is 0.185 e. The molecule has 2 rings (SSSR count). The van der Waals surface area contributed by atoms with Crippen LogP contribution in [0.4, 0.5) is 0 Å². The van der Waals surface area contributed by atoms with Crippen LogP contribution in [0.25, 0.3) is 0 Å². The van der Waals surface area contributed by atoms with E-state index in [1.165, 1.54) is 0 Å². The topological polar surface area (TPSA) is 18.5 Å². The first-order valence-electron chi connectivity index (χ1n) is 4.06. The van der Waals surface area contributed by atoms with E-state index in [-0.39, 0.29) is 0 Å². The molecule has 1 fully saturated rings. The maximum atomic E-state index is 6.03. The van der Waals surface area contributed by atoms with Gasteiger partial charge < -0.3 is 9.47 Å². The van der Waals surface area contributed by atoms with E-state index in [2.05, 4.69) is 15.9 Å². The molecule has 0 radical (unpaired) electrons. The molecule has 76 valence electrons. The normalized spacial score (nSPS) is 17.6. The molecule has 0 amide bonds. The van der Waals surface area contributed by atoms with E-state index in [0.29, 0.717) is 23.3 Å². The molecule has 0 aliphatic carbocycles. The van der Waals surface area contributed by atoms with Gasteiger partial charge in [0.25, 0.3) is 0 Å². The van der Waals surface area contributed by atoms with Gasteiger partial charge in [-0.3, -0.25) is 0 Å². The highest BCUT2D eigenvalue weighted by Crippen LogP contribution is 2.36. The molecule has 1 heterocycles. The molecular weight excluding hydrogens is 291 g/mol. The van der Waals surface area contributed by atoms with Gasteiger partial charge in [-0.2, -0.15) is 0 Å². The first kappa shape index (κ1) is 10.7. The number of hydrogen-bond acceptors (Lipinski definition) is 2. The smallest absolute Gasteiger partial charge is 0.185 e. The van der Waals surface area contributed by atoms with Crippen molar-refractivity contribution in [2.75, 3.05) is 13.2 Å². The Morgan fingerprint density at radius 3 is 2.50 bits per heavy atom. The van der Waals surface area contributed by atoms with Gasteiger partial charge in [-0.15, -0.1) is 0 Å². The van der Waals surface area contributed by atoms with Crippen LogP contribution >= 0.6 is 39.1 Å². The lowest BCUT2D eigenvalue weighted by Crippen LogP contribution is -1.99. The van der Waals surface area contributed by atoms with Crippen LogP contribution in [-0.4, -0.2) is 13.2 Å². The van der Waals surface area contributed by atoms with Gasteiger partial charge in [-0.25, -0.2) is 0 Å². The second-order valence-electron chi connectivity index (χ2n) is 2.86. The Balaban J connectivity index is 2.40. The molecule has 2 nitrogen and oxygen atoms in total. The Kier molecular flexibility index (Phi) is 3.34. The second-order valence-corrected chi connectivity index (χ2v) is 4.57. The van der Waals surface area contributed by atoms with E-state index < -0.39 is 6.29 Å². The summed E-state index contributed by atoms with van der Waals surface area (Å²) in [7, 11) is 0. The maximum absolute atomic E-state index is 6.03. The van der Waals surface area contributed by atoms with Gasteiger partial charge in [0, 0.05) is 10.0 Å². The third-order valence-corrected chi connectivity index (χ3v) is 3.17. The quantitative estimate of drug-likeness (QED) is 0.734. The summed E-state index contributed by atoms with van der Waals surface area (Å²) >= 11 is 15.3. The van der Waals surface area contributed by atoms with Crippen LogP contribution in [0.15, 0.2) is 16.6 Å². The summed E-state index contributed by atoms with van der Waals surface area (Å²) in [6.07, 6.45) is -0.391. The van der Waals surface area contributed by atoms with Crippen LogP contribution in [0.3, 0.4) is 0 Å². The zero-order chi connectivity index (χ0) is 10.1. The van der Waals surface area contributed by atoms with Crippen molar-refractivity contribution in [3.05, 3.63) is 32.2 Å². The second kappa shape index (κ2) is 4.37. The Morgan fingerprint density at radius 2 is 1.86 bits per heavy atom. The molecule has 0 N–H and O–H groups in total. The Hall–Kier alpha value is 0.200. The number of ether oxygens (including phenoxy) is 2. The summed E-state index contributed by atoms with van der Waals surface area (Å²) in [6.45, 7) is 1.18. The lowest BCUT2D eigenvalue weighted by Gasteiger charge is -2.12. The van der Waals surface area contributed by atoms with Gasteiger partial charge >= 0.3 is 0 Å². The van der Waals surface area contributed by atoms with Gasteiger partial charge in [0.15, 0.2) is 6.29 Å². The van der Waals surface area contributed by atoms with Crippen molar-refractivity contribution < 1.29 is 9.47 Å². The standard InChI is InChI=1S/C9H7BrCl2O2/c10-5-3-6(8(12)7(11)4-5)9-13-1-2-14-9/h3-4,9H,1-2H2. The van der Waals surface area contributed by atoms with E-state index in [9.17, 15) is 0 Å². The number of benzene rings is 1. The van der Waals surface area contributed by atoms with Gasteiger partial charge in [-0.1, -0.05) is 39.1 Å². The number of halogens is 3. The Morgan fingerprint density at radius 1 is 1.21 bits per heavy atom. The third kappa shape index (κ3) is 2.07. The summed E-state index contributed by atoms with van der Waals surface area (Å²) in [5, 5.41) is 0.983. The van der Waals surface area contributed by atoms with Gasteiger partial charge in [-0.05, 0) is 12.1 Å². The van der Waals surface area contributed by atoms with E-state index in [4.69, 9.17) is 32.7 Å². The molecule has 1 saturated heterocycles. The van der Waals surface area contributed by atoms with E-state index >= 15 is 0 Å². The van der Waals surface area contributed by atoms with Crippen LogP contribution in [0.2, 0.25) is 10.0 Å². The Bertz CT molecular complexity index is 351. The summed E-state index contributed by atoms with van der Waals surface area (Å²) in [4.78, 5) is 0. The number of hydrogen-bond donors (Lipinski definition) is 0. The summed E-state index contributed by atoms with van der Waals surface area (Å²) < 4.78 is 11.5. The zero-order valence-corrected chi connectivity index (χ0v) is 10.2. The molecule has 0 saturated carbocycles. The predicted octanol–water partition coefficient (Wildman–Crippen LogP) is 3.80. The first-order valence-corrected chi connectivity index (χ1v) is 5.61. The molecule has 0 bridgehead atoms. The van der Waals surface area contributed by atoms with Crippen LogP contribution in [0.1, 0.15) is 11.9 Å². The van der Waals surface area contributed by atoms with Crippen molar-refractivity contribution in [1.29, 1.82) is 0 Å². The number of rotatable bonds is 1. The largest absolute Gasteiger partial charge is 0.346 e. The fourth-order valence-electron chi connectivity index (χ4n) is 1.29. The summed E-state index contributed by atoms with van der Waals surface area (Å²) in [6, 6.07) is 3.59. The zero-order valence-electron chi connectivity index (χ0n) is 7.10. The van der Waals surface area contributed by atoms with Crippen LogP contribution in [0, 0.1) is 0 Å². The van der Waals surface area contributed by atoms with Crippen LogP contribution < -0.4 is 0 Å². The summed E-state index contributed by atoms with van der Waals surface area (Å²) in [5.74, 6) is 0. The average Bonchev–Trinajstić information content (AvgIpc) is 2.63. The molecule has 1 aromatic carbocycles. The van der Waals surface area contributed by atoms with Gasteiger partial charge in [0.1, 0.15) is 0 Å². The van der Waals surface area contributed by atoms with Gasteiger partial charge in [0.05, 0.1) is 23.3 Å². The van der Waals surface area contributed by atoms with Crippen molar-refractivity contribution in [3.8, 4) is 0 Å². The fraction of sp³-hybridized carbons (Fsp3) is 0.333. The van der Waals surface area contributed by atoms with Crippen molar-refractivity contribution in [2.24, 2.45) is 0 Å². The van der Waals surface area contributed by atoms with Crippen molar-refractivity contribution in [1.82, 2.24) is 0 Å². The Labute approximate surface area is 100 Å². The minimum absolute atomic E-state index is 0.391. The average molecular weight is 298 g/mol. The highest BCUT2D eigenvalue weighted by atomic mass is 79.9. The lowest BCUT2D eigenvalue weighted by molar-refractivity contribution is -0.0440.